The van der Waals surface area contributed by atoms with E-state index in [-0.39, 0.29) is 23.9 Å². The molecule has 5 nitrogen and oxygen atoms in total. The van der Waals surface area contributed by atoms with E-state index < -0.39 is 16.1 Å². The first kappa shape index (κ1) is 19.7. The number of anilines is 1. The summed E-state index contributed by atoms with van der Waals surface area (Å²) in [5, 5.41) is 0. The van der Waals surface area contributed by atoms with Crippen molar-refractivity contribution in [1.29, 1.82) is 0 Å². The van der Waals surface area contributed by atoms with Crippen molar-refractivity contribution < 1.29 is 17.9 Å². The van der Waals surface area contributed by atoms with E-state index >= 15 is 0 Å². The minimum Gasteiger partial charge on any atom is -0.466 e. The predicted molar refractivity (Wildman–Crippen MR) is 113 cm³/mol. The number of carbonyl (C=O) groups is 1. The lowest BCUT2D eigenvalue weighted by Gasteiger charge is -2.38. The van der Waals surface area contributed by atoms with Crippen molar-refractivity contribution in [3.8, 4) is 0 Å². The zero-order valence-electron chi connectivity index (χ0n) is 16.7. The molecule has 2 aromatic carbocycles. The van der Waals surface area contributed by atoms with Gasteiger partial charge in [0.25, 0.3) is 10.0 Å². The van der Waals surface area contributed by atoms with E-state index in [1.54, 1.807) is 31.2 Å². The molecule has 1 aliphatic carbocycles. The highest BCUT2D eigenvalue weighted by Gasteiger charge is 2.42. The van der Waals surface area contributed by atoms with Crippen molar-refractivity contribution in [3.05, 3.63) is 65.2 Å². The van der Waals surface area contributed by atoms with Gasteiger partial charge >= 0.3 is 5.97 Å². The Balaban J connectivity index is 1.88. The van der Waals surface area contributed by atoms with Crippen molar-refractivity contribution in [2.24, 2.45) is 0 Å². The lowest BCUT2D eigenvalue weighted by Crippen LogP contribution is -2.45. The second-order valence-corrected chi connectivity index (χ2v) is 9.33. The van der Waals surface area contributed by atoms with Crippen LogP contribution in [0.2, 0.25) is 0 Å². The fraction of sp³-hybridized carbons (Fsp3) is 0.348. The average Bonchev–Trinajstić information content (AvgIpc) is 3.19. The van der Waals surface area contributed by atoms with Crippen LogP contribution in [-0.2, 0) is 19.6 Å². The second kappa shape index (κ2) is 7.67. The molecule has 0 spiro atoms. The van der Waals surface area contributed by atoms with Crippen LogP contribution in [0, 0.1) is 6.92 Å². The molecule has 6 heteroatoms. The van der Waals surface area contributed by atoms with Crippen molar-refractivity contribution >= 4 is 27.3 Å². The molecular weight excluding hydrogens is 386 g/mol. The zero-order valence-corrected chi connectivity index (χ0v) is 17.5. The van der Waals surface area contributed by atoms with Gasteiger partial charge in [0.05, 0.1) is 29.7 Å². The van der Waals surface area contributed by atoms with Crippen molar-refractivity contribution in [1.82, 2.24) is 0 Å². The molecule has 152 valence electrons. The van der Waals surface area contributed by atoms with Crippen LogP contribution in [-0.4, -0.2) is 27.0 Å². The molecule has 29 heavy (non-hydrogen) atoms. The number of aryl methyl sites for hydroxylation is 1. The van der Waals surface area contributed by atoms with Crippen LogP contribution in [0.4, 0.5) is 5.69 Å². The number of para-hydroxylation sites is 1. The van der Waals surface area contributed by atoms with E-state index in [2.05, 4.69) is 0 Å². The highest BCUT2D eigenvalue weighted by molar-refractivity contribution is 7.92. The van der Waals surface area contributed by atoms with Crippen molar-refractivity contribution in [2.45, 2.75) is 50.5 Å². The maximum absolute atomic E-state index is 13.8. The number of rotatable bonds is 5. The lowest BCUT2D eigenvalue weighted by molar-refractivity contribution is -0.143. The van der Waals surface area contributed by atoms with Gasteiger partial charge in [-0.1, -0.05) is 35.9 Å². The number of allylic oxidation sites excluding steroid dienone is 1. The molecule has 0 saturated carbocycles. The largest absolute Gasteiger partial charge is 0.466 e. The summed E-state index contributed by atoms with van der Waals surface area (Å²) in [5.74, 6) is -0.375. The topological polar surface area (TPSA) is 63.7 Å². The maximum Gasteiger partial charge on any atom is 0.308 e. The van der Waals surface area contributed by atoms with Gasteiger partial charge in [-0.15, -0.1) is 0 Å². The monoisotopic (exact) mass is 411 g/mol. The van der Waals surface area contributed by atoms with E-state index in [0.717, 1.165) is 36.0 Å². The third kappa shape index (κ3) is 3.46. The third-order valence-corrected chi connectivity index (χ3v) is 7.49. The van der Waals surface area contributed by atoms with Gasteiger partial charge in [0.1, 0.15) is 0 Å². The number of hydrogen-bond donors (Lipinski definition) is 0. The van der Waals surface area contributed by atoms with E-state index in [1.165, 1.54) is 9.88 Å². The molecule has 4 rings (SSSR count). The average molecular weight is 412 g/mol. The quantitative estimate of drug-likeness (QED) is 0.682. The molecule has 1 unspecified atom stereocenters. The summed E-state index contributed by atoms with van der Waals surface area (Å²) < 4.78 is 34.1. The Bertz CT molecular complexity index is 1070. The van der Waals surface area contributed by atoms with Crippen LogP contribution in [0.5, 0.6) is 0 Å². The molecule has 1 aliphatic heterocycles. The first-order chi connectivity index (χ1) is 13.9. The van der Waals surface area contributed by atoms with Crippen LogP contribution < -0.4 is 4.31 Å². The van der Waals surface area contributed by atoms with Gasteiger partial charge in [0.2, 0.25) is 0 Å². The zero-order chi connectivity index (χ0) is 20.6. The molecule has 2 aromatic rings. The second-order valence-electron chi connectivity index (χ2n) is 7.51. The fourth-order valence-electron chi connectivity index (χ4n) is 4.38. The van der Waals surface area contributed by atoms with Gasteiger partial charge < -0.3 is 4.74 Å². The summed E-state index contributed by atoms with van der Waals surface area (Å²) >= 11 is 0. The Hall–Kier alpha value is -2.60. The SMILES string of the molecule is CCOC(=O)CC1C2=C(CCC2)c2ccccc2N1S(=O)(=O)c1ccc(C)cc1. The molecule has 0 aromatic heterocycles. The summed E-state index contributed by atoms with van der Waals surface area (Å²) in [5.41, 5.74) is 4.82. The highest BCUT2D eigenvalue weighted by Crippen LogP contribution is 2.48. The number of benzene rings is 2. The molecule has 0 saturated heterocycles. The van der Waals surface area contributed by atoms with Crippen LogP contribution in [0.15, 0.2) is 59.0 Å². The molecule has 2 aliphatic rings. The lowest BCUT2D eigenvalue weighted by atomic mass is 9.90. The van der Waals surface area contributed by atoms with Crippen molar-refractivity contribution in [2.75, 3.05) is 10.9 Å². The van der Waals surface area contributed by atoms with Gasteiger partial charge in [-0.25, -0.2) is 8.42 Å². The van der Waals surface area contributed by atoms with Crippen LogP contribution in [0.25, 0.3) is 5.57 Å². The van der Waals surface area contributed by atoms with Crippen molar-refractivity contribution in [3.63, 3.8) is 0 Å². The normalized spacial score (nSPS) is 18.4. The Morgan fingerprint density at radius 2 is 1.83 bits per heavy atom. The van der Waals surface area contributed by atoms with Crippen LogP contribution in [0.3, 0.4) is 0 Å². The standard InChI is InChI=1S/C23H25NO4S/c1-3-28-23(25)15-22-20-9-6-8-18(20)19-7-4-5-10-21(19)24(22)29(26,27)17-13-11-16(2)12-14-17/h4-5,7,10-14,22H,3,6,8-9,15H2,1-2H3. The van der Waals surface area contributed by atoms with Crippen LogP contribution >= 0.6 is 0 Å². The van der Waals surface area contributed by atoms with Gasteiger partial charge in [-0.3, -0.25) is 9.10 Å². The highest BCUT2D eigenvalue weighted by atomic mass is 32.2. The van der Waals surface area contributed by atoms with Gasteiger partial charge in [-0.2, -0.15) is 0 Å². The molecule has 1 heterocycles. The number of carbonyl (C=O) groups excluding carboxylic acids is 1. The van der Waals surface area contributed by atoms with Gasteiger partial charge in [0.15, 0.2) is 0 Å². The smallest absolute Gasteiger partial charge is 0.308 e. The van der Waals surface area contributed by atoms with E-state index in [9.17, 15) is 13.2 Å². The van der Waals surface area contributed by atoms with E-state index in [0.29, 0.717) is 5.69 Å². The number of nitrogens with zero attached hydrogens (tertiary/aromatic N) is 1. The summed E-state index contributed by atoms with van der Waals surface area (Å²) in [6, 6.07) is 13.9. The number of fused-ring (bicyclic) bond motifs is 2. The first-order valence-electron chi connectivity index (χ1n) is 10.0. The molecule has 0 N–H and O–H groups in total. The Morgan fingerprint density at radius 1 is 1.10 bits per heavy atom. The van der Waals surface area contributed by atoms with Gasteiger partial charge in [-0.05, 0) is 62.5 Å². The summed E-state index contributed by atoms with van der Waals surface area (Å²) in [6.07, 6.45) is 2.70. The van der Waals surface area contributed by atoms with Gasteiger partial charge in [0, 0.05) is 5.56 Å². The predicted octanol–water partition coefficient (Wildman–Crippen LogP) is 4.46. The number of ether oxygens (including phenoxy) is 1. The Labute approximate surface area is 172 Å². The molecule has 0 fully saturated rings. The first-order valence-corrected chi connectivity index (χ1v) is 11.5. The minimum atomic E-state index is -3.85. The molecule has 0 amide bonds. The number of sulfonamides is 1. The summed E-state index contributed by atoms with van der Waals surface area (Å²) in [4.78, 5) is 12.6. The van der Waals surface area contributed by atoms with Crippen LogP contribution in [0.1, 0.15) is 43.7 Å². The Kier molecular flexibility index (Phi) is 5.21. The molecule has 0 radical (unpaired) electrons. The van der Waals surface area contributed by atoms with E-state index in [4.69, 9.17) is 4.74 Å². The molecule has 1 atom stereocenters. The Morgan fingerprint density at radius 3 is 2.55 bits per heavy atom. The summed E-state index contributed by atoms with van der Waals surface area (Å²) in [7, 11) is -3.85. The number of esters is 1. The molecular formula is C23H25NO4S. The maximum atomic E-state index is 13.8. The summed E-state index contributed by atoms with van der Waals surface area (Å²) in [6.45, 7) is 3.96. The number of hydrogen-bond acceptors (Lipinski definition) is 4. The molecule has 0 bridgehead atoms. The third-order valence-electron chi connectivity index (χ3n) is 5.66. The fourth-order valence-corrected chi connectivity index (χ4v) is 6.04. The minimum absolute atomic E-state index is 0.0199. The van der Waals surface area contributed by atoms with E-state index in [1.807, 2.05) is 31.2 Å².